The molecule has 5 nitrogen and oxygen atoms in total. The van der Waals surface area contributed by atoms with Gasteiger partial charge in [0.2, 0.25) is 5.88 Å². The zero-order valence-corrected chi connectivity index (χ0v) is 13.2. The standard InChI is InChI=1S/C15H20N4OS/c1-3-16-13-8-14(19-15(18-13)11-4-5-11)20-7-6-12-10(2)17-9-21-12/h8-9,11H,3-7H2,1-2H3,(H,16,18,19). The zero-order valence-electron chi connectivity index (χ0n) is 12.4. The Balaban J connectivity index is 1.64. The molecule has 6 heteroatoms. The highest BCUT2D eigenvalue weighted by molar-refractivity contribution is 7.09. The second-order valence-corrected chi connectivity index (χ2v) is 6.15. The van der Waals surface area contributed by atoms with E-state index < -0.39 is 0 Å². The van der Waals surface area contributed by atoms with Crippen molar-refractivity contribution in [1.82, 2.24) is 15.0 Å². The molecule has 2 aromatic rings. The summed E-state index contributed by atoms with van der Waals surface area (Å²) in [5.74, 6) is 2.97. The minimum absolute atomic E-state index is 0.523. The van der Waals surface area contributed by atoms with E-state index in [9.17, 15) is 0 Å². The van der Waals surface area contributed by atoms with Crippen LogP contribution in [0.25, 0.3) is 0 Å². The Morgan fingerprint density at radius 1 is 1.38 bits per heavy atom. The van der Waals surface area contributed by atoms with E-state index >= 15 is 0 Å². The maximum atomic E-state index is 5.83. The first-order valence-corrected chi connectivity index (χ1v) is 8.29. The van der Waals surface area contributed by atoms with Crippen molar-refractivity contribution < 1.29 is 4.74 Å². The maximum Gasteiger partial charge on any atom is 0.218 e. The quantitative estimate of drug-likeness (QED) is 0.851. The number of hydrogen-bond acceptors (Lipinski definition) is 6. The second kappa shape index (κ2) is 6.39. The van der Waals surface area contributed by atoms with Gasteiger partial charge in [-0.15, -0.1) is 11.3 Å². The summed E-state index contributed by atoms with van der Waals surface area (Å²) in [5.41, 5.74) is 2.97. The van der Waals surface area contributed by atoms with E-state index in [-0.39, 0.29) is 0 Å². The fourth-order valence-electron chi connectivity index (χ4n) is 2.13. The lowest BCUT2D eigenvalue weighted by Gasteiger charge is -2.09. The summed E-state index contributed by atoms with van der Waals surface area (Å²) in [4.78, 5) is 14.6. The van der Waals surface area contributed by atoms with Crippen LogP contribution in [0.2, 0.25) is 0 Å². The van der Waals surface area contributed by atoms with Crippen LogP contribution in [0.3, 0.4) is 0 Å². The van der Waals surface area contributed by atoms with Crippen LogP contribution in [0.1, 0.15) is 42.1 Å². The van der Waals surface area contributed by atoms with E-state index in [4.69, 9.17) is 4.74 Å². The molecule has 1 saturated carbocycles. The number of rotatable bonds is 7. The number of aromatic nitrogens is 3. The minimum Gasteiger partial charge on any atom is -0.477 e. The summed E-state index contributed by atoms with van der Waals surface area (Å²) in [7, 11) is 0. The molecule has 1 aliphatic carbocycles. The van der Waals surface area contributed by atoms with Crippen LogP contribution >= 0.6 is 11.3 Å². The molecule has 112 valence electrons. The molecular formula is C15H20N4OS. The Bertz CT molecular complexity index is 609. The molecule has 0 unspecified atom stereocenters. The number of aryl methyl sites for hydroxylation is 1. The maximum absolute atomic E-state index is 5.83. The number of anilines is 1. The van der Waals surface area contributed by atoms with Crippen molar-refractivity contribution in [2.45, 2.75) is 39.0 Å². The molecule has 2 aromatic heterocycles. The molecule has 1 fully saturated rings. The van der Waals surface area contributed by atoms with Gasteiger partial charge in [0.05, 0.1) is 17.8 Å². The van der Waals surface area contributed by atoms with Crippen molar-refractivity contribution >= 4 is 17.2 Å². The Labute approximate surface area is 128 Å². The first kappa shape index (κ1) is 14.3. The van der Waals surface area contributed by atoms with Gasteiger partial charge in [0.15, 0.2) is 0 Å². The van der Waals surface area contributed by atoms with Gasteiger partial charge in [-0.1, -0.05) is 0 Å². The van der Waals surface area contributed by atoms with Crippen LogP contribution in [-0.4, -0.2) is 28.1 Å². The molecule has 0 saturated heterocycles. The Hall–Kier alpha value is -1.69. The van der Waals surface area contributed by atoms with E-state index in [2.05, 4.69) is 27.2 Å². The van der Waals surface area contributed by atoms with E-state index in [0.717, 1.165) is 30.3 Å². The van der Waals surface area contributed by atoms with Crippen molar-refractivity contribution in [1.29, 1.82) is 0 Å². The average molecular weight is 304 g/mol. The molecule has 0 bridgehead atoms. The minimum atomic E-state index is 0.523. The molecule has 3 rings (SSSR count). The van der Waals surface area contributed by atoms with Crippen LogP contribution in [0.5, 0.6) is 5.88 Å². The second-order valence-electron chi connectivity index (χ2n) is 5.21. The van der Waals surface area contributed by atoms with Crippen LogP contribution in [0.15, 0.2) is 11.6 Å². The topological polar surface area (TPSA) is 59.9 Å². The van der Waals surface area contributed by atoms with Gasteiger partial charge >= 0.3 is 0 Å². The normalized spacial score (nSPS) is 14.2. The molecule has 0 spiro atoms. The molecule has 1 aliphatic rings. The molecule has 21 heavy (non-hydrogen) atoms. The summed E-state index contributed by atoms with van der Waals surface area (Å²) in [6.45, 7) is 5.56. The number of nitrogens with one attached hydrogen (secondary N) is 1. The highest BCUT2D eigenvalue weighted by atomic mass is 32.1. The zero-order chi connectivity index (χ0) is 14.7. The Morgan fingerprint density at radius 2 is 2.24 bits per heavy atom. The fraction of sp³-hybridized carbons (Fsp3) is 0.533. The van der Waals surface area contributed by atoms with Gasteiger partial charge in [0.1, 0.15) is 11.6 Å². The van der Waals surface area contributed by atoms with E-state index in [1.165, 1.54) is 17.7 Å². The van der Waals surface area contributed by atoms with Gasteiger partial charge in [-0.2, -0.15) is 4.98 Å². The van der Waals surface area contributed by atoms with Crippen molar-refractivity contribution in [2.75, 3.05) is 18.5 Å². The summed E-state index contributed by atoms with van der Waals surface area (Å²) in [5, 5.41) is 3.25. The highest BCUT2D eigenvalue weighted by Gasteiger charge is 2.27. The van der Waals surface area contributed by atoms with Gasteiger partial charge < -0.3 is 10.1 Å². The molecule has 2 heterocycles. The first-order valence-electron chi connectivity index (χ1n) is 7.41. The van der Waals surface area contributed by atoms with Gasteiger partial charge in [0, 0.05) is 29.8 Å². The van der Waals surface area contributed by atoms with Crippen molar-refractivity contribution in [3.05, 3.63) is 28.0 Å². The molecular weight excluding hydrogens is 284 g/mol. The lowest BCUT2D eigenvalue weighted by atomic mass is 10.3. The summed E-state index contributed by atoms with van der Waals surface area (Å²) in [6, 6.07) is 1.88. The Kier molecular flexibility index (Phi) is 4.34. The summed E-state index contributed by atoms with van der Waals surface area (Å²) >= 11 is 1.68. The predicted molar refractivity (Wildman–Crippen MR) is 84.2 cm³/mol. The smallest absolute Gasteiger partial charge is 0.218 e. The lowest BCUT2D eigenvalue weighted by molar-refractivity contribution is 0.308. The van der Waals surface area contributed by atoms with E-state index in [0.29, 0.717) is 18.4 Å². The van der Waals surface area contributed by atoms with Gasteiger partial charge in [-0.3, -0.25) is 0 Å². The third-order valence-corrected chi connectivity index (χ3v) is 4.44. The first-order chi connectivity index (χ1) is 10.3. The average Bonchev–Trinajstić information content (AvgIpc) is 3.24. The monoisotopic (exact) mass is 304 g/mol. The third-order valence-electron chi connectivity index (χ3n) is 3.44. The van der Waals surface area contributed by atoms with E-state index in [1.807, 2.05) is 18.5 Å². The SMILES string of the molecule is CCNc1cc(OCCc2scnc2C)nc(C2CC2)n1. The van der Waals surface area contributed by atoms with Crippen LogP contribution in [0, 0.1) is 6.92 Å². The molecule has 0 aliphatic heterocycles. The highest BCUT2D eigenvalue weighted by Crippen LogP contribution is 2.39. The molecule has 0 radical (unpaired) electrons. The van der Waals surface area contributed by atoms with Gasteiger partial charge in [-0.25, -0.2) is 9.97 Å². The number of nitrogens with zero attached hydrogens (tertiary/aromatic N) is 3. The van der Waals surface area contributed by atoms with Crippen molar-refractivity contribution in [3.63, 3.8) is 0 Å². The van der Waals surface area contributed by atoms with E-state index in [1.54, 1.807) is 11.3 Å². The largest absolute Gasteiger partial charge is 0.477 e. The van der Waals surface area contributed by atoms with Crippen LogP contribution < -0.4 is 10.1 Å². The predicted octanol–water partition coefficient (Wildman–Crippen LogP) is 3.17. The molecule has 0 atom stereocenters. The van der Waals surface area contributed by atoms with Gasteiger partial charge in [0.25, 0.3) is 0 Å². The van der Waals surface area contributed by atoms with Crippen LogP contribution in [-0.2, 0) is 6.42 Å². The summed E-state index contributed by atoms with van der Waals surface area (Å²) in [6.07, 6.45) is 3.25. The molecule has 1 N–H and O–H groups in total. The third kappa shape index (κ3) is 3.69. The van der Waals surface area contributed by atoms with Crippen molar-refractivity contribution in [3.8, 4) is 5.88 Å². The number of thiazole rings is 1. The summed E-state index contributed by atoms with van der Waals surface area (Å²) < 4.78 is 5.83. The number of ether oxygens (including phenoxy) is 1. The fourth-order valence-corrected chi connectivity index (χ4v) is 2.89. The number of hydrogen-bond donors (Lipinski definition) is 1. The molecule has 0 amide bonds. The van der Waals surface area contributed by atoms with Crippen LogP contribution in [0.4, 0.5) is 5.82 Å². The van der Waals surface area contributed by atoms with Crippen molar-refractivity contribution in [2.24, 2.45) is 0 Å². The Morgan fingerprint density at radius 3 is 2.90 bits per heavy atom. The molecule has 0 aromatic carbocycles. The lowest BCUT2D eigenvalue weighted by Crippen LogP contribution is -2.07. The van der Waals surface area contributed by atoms with Gasteiger partial charge in [-0.05, 0) is 26.7 Å².